The van der Waals surface area contributed by atoms with Gasteiger partial charge >= 0.3 is 11.9 Å². The van der Waals surface area contributed by atoms with Crippen LogP contribution in [-0.2, 0) is 32.2 Å². The van der Waals surface area contributed by atoms with E-state index in [1.165, 1.54) is 19.1 Å². The highest BCUT2D eigenvalue weighted by atomic mass is 16.5. The molecule has 1 aliphatic heterocycles. The van der Waals surface area contributed by atoms with Crippen LogP contribution >= 0.6 is 0 Å². The summed E-state index contributed by atoms with van der Waals surface area (Å²) in [6, 6.07) is 21.9. The number of ether oxygens (including phenoxy) is 2. The van der Waals surface area contributed by atoms with Gasteiger partial charge in [-0.1, -0.05) is 54.6 Å². The number of nitrogens with zero attached hydrogens (tertiary/aromatic N) is 2. The number of rotatable bonds is 7. The first-order chi connectivity index (χ1) is 17.4. The van der Waals surface area contributed by atoms with Crippen molar-refractivity contribution in [2.45, 2.75) is 25.6 Å². The maximum atomic E-state index is 14.0. The van der Waals surface area contributed by atoms with Crippen molar-refractivity contribution in [1.82, 2.24) is 4.90 Å². The number of hydrogen-bond donors (Lipinski definition) is 0. The molecule has 3 aromatic carbocycles. The molecule has 1 heterocycles. The molecule has 0 saturated heterocycles. The Kier molecular flexibility index (Phi) is 7.44. The van der Waals surface area contributed by atoms with Crippen LogP contribution in [0.25, 0.3) is 0 Å². The highest BCUT2D eigenvalue weighted by molar-refractivity contribution is 6.11. The largest absolute Gasteiger partial charge is 0.469 e. The lowest BCUT2D eigenvalue weighted by molar-refractivity contribution is -0.144. The smallest absolute Gasteiger partial charge is 0.337 e. The van der Waals surface area contributed by atoms with E-state index >= 15 is 0 Å². The van der Waals surface area contributed by atoms with Crippen LogP contribution in [0.5, 0.6) is 0 Å². The second-order valence-corrected chi connectivity index (χ2v) is 8.34. The van der Waals surface area contributed by atoms with Crippen LogP contribution in [0.15, 0.2) is 78.9 Å². The van der Waals surface area contributed by atoms with E-state index in [-0.39, 0.29) is 31.3 Å². The van der Waals surface area contributed by atoms with E-state index in [0.29, 0.717) is 22.4 Å². The lowest BCUT2D eigenvalue weighted by Gasteiger charge is -2.30. The van der Waals surface area contributed by atoms with Crippen LogP contribution in [0.3, 0.4) is 0 Å². The fourth-order valence-electron chi connectivity index (χ4n) is 4.23. The molecule has 0 spiro atoms. The summed E-state index contributed by atoms with van der Waals surface area (Å²) in [6.07, 6.45) is -0.291. The first kappa shape index (κ1) is 24.7. The maximum absolute atomic E-state index is 14.0. The molecule has 0 unspecified atom stereocenters. The molecule has 4 rings (SSSR count). The SMILES string of the molecule is COC(=O)C[C@H]1C(=O)N(Cc2ccccc2)c2ccccc2C(=O)N1Cc1ccc(C(=O)OC)cc1. The molecular formula is C28H26N2O6. The number of benzene rings is 3. The van der Waals surface area contributed by atoms with Crippen LogP contribution < -0.4 is 4.90 Å². The fraction of sp³-hybridized carbons (Fsp3) is 0.214. The van der Waals surface area contributed by atoms with E-state index < -0.39 is 18.0 Å². The number of para-hydroxylation sites is 1. The molecule has 8 heteroatoms. The Balaban J connectivity index is 1.76. The number of methoxy groups -OCH3 is 2. The summed E-state index contributed by atoms with van der Waals surface area (Å²) >= 11 is 0. The number of carbonyl (C=O) groups excluding carboxylic acids is 4. The molecule has 184 valence electrons. The Labute approximate surface area is 209 Å². The number of amides is 2. The van der Waals surface area contributed by atoms with Crippen LogP contribution in [-0.4, -0.2) is 48.9 Å². The Morgan fingerprint density at radius 2 is 1.42 bits per heavy atom. The summed E-state index contributed by atoms with van der Waals surface area (Å²) in [5.41, 5.74) is 2.78. The van der Waals surface area contributed by atoms with E-state index in [1.807, 2.05) is 30.3 Å². The van der Waals surface area contributed by atoms with Crippen molar-refractivity contribution >= 4 is 29.4 Å². The third kappa shape index (κ3) is 5.12. The minimum absolute atomic E-state index is 0.0567. The van der Waals surface area contributed by atoms with E-state index in [1.54, 1.807) is 53.4 Å². The number of hydrogen-bond acceptors (Lipinski definition) is 6. The van der Waals surface area contributed by atoms with Gasteiger partial charge < -0.3 is 19.3 Å². The van der Waals surface area contributed by atoms with Gasteiger partial charge in [0.05, 0.1) is 44.0 Å². The van der Waals surface area contributed by atoms with Gasteiger partial charge in [-0.2, -0.15) is 0 Å². The van der Waals surface area contributed by atoms with E-state index in [9.17, 15) is 19.2 Å². The molecule has 1 aliphatic rings. The molecule has 2 amide bonds. The van der Waals surface area contributed by atoms with Crippen LogP contribution in [0, 0.1) is 0 Å². The molecule has 36 heavy (non-hydrogen) atoms. The number of esters is 2. The highest BCUT2D eigenvalue weighted by Gasteiger charge is 2.40. The summed E-state index contributed by atoms with van der Waals surface area (Å²) in [5, 5.41) is 0. The number of fused-ring (bicyclic) bond motifs is 1. The third-order valence-electron chi connectivity index (χ3n) is 6.11. The maximum Gasteiger partial charge on any atom is 0.337 e. The molecule has 0 aliphatic carbocycles. The first-order valence-corrected chi connectivity index (χ1v) is 11.4. The quantitative estimate of drug-likeness (QED) is 0.474. The second-order valence-electron chi connectivity index (χ2n) is 8.34. The average Bonchev–Trinajstić information content (AvgIpc) is 2.99. The zero-order chi connectivity index (χ0) is 25.7. The van der Waals surface area contributed by atoms with Crippen LogP contribution in [0.1, 0.15) is 38.3 Å². The van der Waals surface area contributed by atoms with Gasteiger partial charge in [-0.25, -0.2) is 4.79 Å². The van der Waals surface area contributed by atoms with Crippen molar-refractivity contribution in [3.63, 3.8) is 0 Å². The van der Waals surface area contributed by atoms with Crippen molar-refractivity contribution in [3.8, 4) is 0 Å². The average molecular weight is 487 g/mol. The molecule has 1 atom stereocenters. The molecule has 0 fully saturated rings. The molecule has 0 aromatic heterocycles. The summed E-state index contributed by atoms with van der Waals surface area (Å²) in [6.45, 7) is 0.296. The van der Waals surface area contributed by atoms with Gasteiger partial charge in [-0.05, 0) is 35.4 Å². The van der Waals surface area contributed by atoms with Gasteiger partial charge in [0.25, 0.3) is 11.8 Å². The summed E-state index contributed by atoms with van der Waals surface area (Å²) in [5.74, 6) is -1.83. The summed E-state index contributed by atoms with van der Waals surface area (Å²) < 4.78 is 9.60. The van der Waals surface area contributed by atoms with Crippen molar-refractivity contribution < 1.29 is 28.7 Å². The molecule has 0 saturated carbocycles. The van der Waals surface area contributed by atoms with E-state index in [4.69, 9.17) is 9.47 Å². The fourth-order valence-corrected chi connectivity index (χ4v) is 4.23. The number of carbonyl (C=O) groups is 4. The van der Waals surface area contributed by atoms with Crippen molar-refractivity contribution in [2.24, 2.45) is 0 Å². The molecule has 0 N–H and O–H groups in total. The third-order valence-corrected chi connectivity index (χ3v) is 6.11. The van der Waals surface area contributed by atoms with Gasteiger partial charge in [0, 0.05) is 6.54 Å². The predicted octanol–water partition coefficient (Wildman–Crippen LogP) is 3.59. The van der Waals surface area contributed by atoms with Gasteiger partial charge in [-0.3, -0.25) is 14.4 Å². The zero-order valence-corrected chi connectivity index (χ0v) is 20.0. The van der Waals surface area contributed by atoms with Crippen molar-refractivity contribution in [1.29, 1.82) is 0 Å². The van der Waals surface area contributed by atoms with Crippen molar-refractivity contribution in [3.05, 3.63) is 101 Å². The topological polar surface area (TPSA) is 93.2 Å². The van der Waals surface area contributed by atoms with Crippen molar-refractivity contribution in [2.75, 3.05) is 19.1 Å². The minimum Gasteiger partial charge on any atom is -0.469 e. The molecule has 3 aromatic rings. The lowest BCUT2D eigenvalue weighted by Crippen LogP contribution is -2.49. The Morgan fingerprint density at radius 3 is 2.08 bits per heavy atom. The molecule has 0 radical (unpaired) electrons. The van der Waals surface area contributed by atoms with Gasteiger partial charge in [0.15, 0.2) is 0 Å². The molecule has 8 nitrogen and oxygen atoms in total. The Bertz CT molecular complexity index is 1270. The van der Waals surface area contributed by atoms with Gasteiger partial charge in [-0.15, -0.1) is 0 Å². The lowest BCUT2D eigenvalue weighted by atomic mass is 10.1. The standard InChI is InChI=1S/C28H26N2O6/c1-35-25(31)16-24-27(33)29(17-19-8-4-3-5-9-19)23-11-7-6-10-22(23)26(32)30(24)18-20-12-14-21(15-13-20)28(34)36-2/h3-15,24H,16-18H2,1-2H3/t24-/m0/s1. The Morgan fingerprint density at radius 1 is 0.778 bits per heavy atom. The zero-order valence-electron chi connectivity index (χ0n) is 20.0. The number of anilines is 1. The Hall–Kier alpha value is -4.46. The van der Waals surface area contributed by atoms with Crippen LogP contribution in [0.2, 0.25) is 0 Å². The monoisotopic (exact) mass is 486 g/mol. The van der Waals surface area contributed by atoms with Gasteiger partial charge in [0.1, 0.15) is 6.04 Å². The van der Waals surface area contributed by atoms with E-state index in [0.717, 1.165) is 5.56 Å². The predicted molar refractivity (Wildman–Crippen MR) is 132 cm³/mol. The summed E-state index contributed by atoms with van der Waals surface area (Å²) in [7, 11) is 2.55. The highest BCUT2D eigenvalue weighted by Crippen LogP contribution is 2.31. The van der Waals surface area contributed by atoms with Gasteiger partial charge in [0.2, 0.25) is 0 Å². The van der Waals surface area contributed by atoms with Crippen LogP contribution in [0.4, 0.5) is 5.69 Å². The second kappa shape index (κ2) is 10.9. The molecule has 0 bridgehead atoms. The summed E-state index contributed by atoms with van der Waals surface area (Å²) in [4.78, 5) is 54.9. The van der Waals surface area contributed by atoms with E-state index in [2.05, 4.69) is 0 Å². The normalized spacial score (nSPS) is 15.2. The minimum atomic E-state index is -1.08. The first-order valence-electron chi connectivity index (χ1n) is 11.4. The molecular weight excluding hydrogens is 460 g/mol.